The van der Waals surface area contributed by atoms with Crippen molar-refractivity contribution in [2.45, 2.75) is 12.3 Å². The molecule has 0 radical (unpaired) electrons. The molecule has 0 bridgehead atoms. The van der Waals surface area contributed by atoms with Gasteiger partial charge in [-0.25, -0.2) is 0 Å². The van der Waals surface area contributed by atoms with Crippen LogP contribution in [0.1, 0.15) is 18.2 Å². The van der Waals surface area contributed by atoms with E-state index in [1.54, 1.807) is 62.6 Å². The molecule has 0 saturated carbocycles. The topological polar surface area (TPSA) is 86.9 Å². The van der Waals surface area contributed by atoms with Crippen molar-refractivity contribution in [3.05, 3.63) is 47.3 Å². The number of rotatable bonds is 6. The van der Waals surface area contributed by atoms with Crippen LogP contribution < -0.4 is 19.1 Å². The number of benzene rings is 2. The molecule has 3 aromatic rings. The number of carbonyl (C=O) groups excluding carboxylic acids is 1. The summed E-state index contributed by atoms with van der Waals surface area (Å²) in [7, 11) is 4.70. The Bertz CT molecular complexity index is 1080. The van der Waals surface area contributed by atoms with E-state index in [1.165, 1.54) is 0 Å². The number of aromatic nitrogens is 2. The van der Waals surface area contributed by atoms with Crippen LogP contribution in [0.3, 0.4) is 0 Å². The number of nitrogens with zero attached hydrogens (tertiary/aromatic N) is 3. The predicted octanol–water partition coefficient (Wildman–Crippen LogP) is 3.94. The fourth-order valence-electron chi connectivity index (χ4n) is 3.47. The van der Waals surface area contributed by atoms with Crippen molar-refractivity contribution in [3.8, 4) is 28.6 Å². The lowest BCUT2D eigenvalue weighted by atomic mass is 10.1. The van der Waals surface area contributed by atoms with Gasteiger partial charge in [0.2, 0.25) is 17.6 Å². The molecular weight excluding hydrogens is 410 g/mol. The van der Waals surface area contributed by atoms with E-state index in [0.717, 1.165) is 0 Å². The third-order valence-electron chi connectivity index (χ3n) is 5.00. The van der Waals surface area contributed by atoms with Gasteiger partial charge in [0, 0.05) is 24.1 Å². The average Bonchev–Trinajstić information content (AvgIpc) is 3.40. The Morgan fingerprint density at radius 2 is 1.87 bits per heavy atom. The number of ether oxygens (including phenoxy) is 3. The molecule has 2 aromatic carbocycles. The molecular formula is C21H20ClN3O5. The van der Waals surface area contributed by atoms with Crippen LogP contribution >= 0.6 is 11.6 Å². The molecule has 8 nitrogen and oxygen atoms in total. The van der Waals surface area contributed by atoms with Crippen molar-refractivity contribution in [2.75, 3.05) is 32.8 Å². The van der Waals surface area contributed by atoms with Crippen molar-refractivity contribution < 1.29 is 23.5 Å². The zero-order valence-electron chi connectivity index (χ0n) is 16.7. The van der Waals surface area contributed by atoms with Crippen molar-refractivity contribution >= 4 is 23.2 Å². The molecule has 4 rings (SSSR count). The standard InChI is InChI=1S/C21H20ClN3O5/c1-27-14-5-6-15(18(10-14)29-3)20-23-21(30-24-20)12-8-19(26)25(11-12)16-9-13(22)4-7-17(16)28-2/h4-7,9-10,12H,8,11H2,1-3H3/t12-/m0/s1. The number of methoxy groups -OCH3 is 3. The van der Waals surface area contributed by atoms with E-state index in [-0.39, 0.29) is 18.2 Å². The predicted molar refractivity (Wildman–Crippen MR) is 111 cm³/mol. The molecule has 1 aliphatic rings. The summed E-state index contributed by atoms with van der Waals surface area (Å²) in [5, 5.41) is 4.61. The fraction of sp³-hybridized carbons (Fsp3) is 0.286. The third-order valence-corrected chi connectivity index (χ3v) is 5.23. The highest BCUT2D eigenvalue weighted by Gasteiger charge is 2.36. The lowest BCUT2D eigenvalue weighted by Gasteiger charge is -2.19. The molecule has 156 valence electrons. The first-order valence-electron chi connectivity index (χ1n) is 9.24. The maximum Gasteiger partial charge on any atom is 0.232 e. The van der Waals surface area contributed by atoms with Crippen molar-refractivity contribution in [1.82, 2.24) is 10.1 Å². The van der Waals surface area contributed by atoms with Crippen LogP contribution in [0.2, 0.25) is 5.02 Å². The zero-order valence-corrected chi connectivity index (χ0v) is 17.5. The van der Waals surface area contributed by atoms with Crippen LogP contribution in [0.25, 0.3) is 11.4 Å². The Balaban J connectivity index is 1.60. The second-order valence-electron chi connectivity index (χ2n) is 6.74. The number of halogens is 1. The Morgan fingerprint density at radius 1 is 1.07 bits per heavy atom. The summed E-state index contributed by atoms with van der Waals surface area (Å²) in [6.07, 6.45) is 0.247. The molecule has 30 heavy (non-hydrogen) atoms. The maximum absolute atomic E-state index is 12.7. The summed E-state index contributed by atoms with van der Waals surface area (Å²) in [5.74, 6) is 2.26. The first kappa shape index (κ1) is 20.0. The molecule has 0 N–H and O–H groups in total. The van der Waals surface area contributed by atoms with Crippen LogP contribution in [0, 0.1) is 0 Å². The third kappa shape index (κ3) is 3.66. The minimum absolute atomic E-state index is 0.0673. The lowest BCUT2D eigenvalue weighted by Crippen LogP contribution is -2.24. The second kappa shape index (κ2) is 8.23. The largest absolute Gasteiger partial charge is 0.497 e. The number of anilines is 1. The highest BCUT2D eigenvalue weighted by Crippen LogP contribution is 2.38. The number of carbonyl (C=O) groups is 1. The average molecular weight is 430 g/mol. The highest BCUT2D eigenvalue weighted by atomic mass is 35.5. The number of hydrogen-bond acceptors (Lipinski definition) is 7. The van der Waals surface area contributed by atoms with Crippen LogP contribution in [0.15, 0.2) is 40.9 Å². The van der Waals surface area contributed by atoms with Crippen LogP contribution in [0.5, 0.6) is 17.2 Å². The van der Waals surface area contributed by atoms with Gasteiger partial charge in [-0.3, -0.25) is 4.79 Å². The molecule has 1 atom stereocenters. The van der Waals surface area contributed by atoms with E-state index >= 15 is 0 Å². The Morgan fingerprint density at radius 3 is 2.60 bits per heavy atom. The van der Waals surface area contributed by atoms with E-state index < -0.39 is 0 Å². The highest BCUT2D eigenvalue weighted by molar-refractivity contribution is 6.31. The van der Waals surface area contributed by atoms with Gasteiger partial charge in [-0.2, -0.15) is 4.98 Å². The van der Waals surface area contributed by atoms with Crippen LogP contribution in [0.4, 0.5) is 5.69 Å². The Labute approximate surface area is 178 Å². The monoisotopic (exact) mass is 429 g/mol. The van der Waals surface area contributed by atoms with E-state index in [9.17, 15) is 4.79 Å². The maximum atomic E-state index is 12.7. The molecule has 9 heteroatoms. The summed E-state index contributed by atoms with van der Waals surface area (Å²) in [5.41, 5.74) is 1.29. The van der Waals surface area contributed by atoms with Gasteiger partial charge < -0.3 is 23.6 Å². The molecule has 0 aliphatic carbocycles. The quantitative estimate of drug-likeness (QED) is 0.586. The molecule has 1 aromatic heterocycles. The van der Waals surface area contributed by atoms with E-state index in [0.29, 0.717) is 51.8 Å². The van der Waals surface area contributed by atoms with Gasteiger partial charge in [0.05, 0.1) is 38.5 Å². The van der Waals surface area contributed by atoms with Gasteiger partial charge in [-0.1, -0.05) is 16.8 Å². The molecule has 2 heterocycles. The van der Waals surface area contributed by atoms with Gasteiger partial charge in [-0.15, -0.1) is 0 Å². The summed E-state index contributed by atoms with van der Waals surface area (Å²) in [6, 6.07) is 10.5. The van der Waals surface area contributed by atoms with Gasteiger partial charge in [0.25, 0.3) is 0 Å². The van der Waals surface area contributed by atoms with E-state index in [2.05, 4.69) is 10.1 Å². The normalized spacial score (nSPS) is 16.1. The van der Waals surface area contributed by atoms with Gasteiger partial charge in [-0.05, 0) is 30.3 Å². The minimum Gasteiger partial charge on any atom is -0.497 e. The Hall–Kier alpha value is -3.26. The summed E-state index contributed by atoms with van der Waals surface area (Å²) in [6.45, 7) is 0.386. The number of hydrogen-bond donors (Lipinski definition) is 0. The van der Waals surface area contributed by atoms with Crippen molar-refractivity contribution in [3.63, 3.8) is 0 Å². The smallest absolute Gasteiger partial charge is 0.232 e. The molecule has 1 amide bonds. The van der Waals surface area contributed by atoms with Gasteiger partial charge in [0.15, 0.2) is 0 Å². The Kier molecular flexibility index (Phi) is 5.50. The van der Waals surface area contributed by atoms with Crippen LogP contribution in [-0.4, -0.2) is 43.9 Å². The minimum atomic E-state index is -0.244. The fourth-order valence-corrected chi connectivity index (χ4v) is 3.64. The first-order valence-corrected chi connectivity index (χ1v) is 9.61. The van der Waals surface area contributed by atoms with Crippen LogP contribution in [-0.2, 0) is 4.79 Å². The summed E-state index contributed by atoms with van der Waals surface area (Å²) in [4.78, 5) is 18.8. The summed E-state index contributed by atoms with van der Waals surface area (Å²) < 4.78 is 21.5. The van der Waals surface area contributed by atoms with Gasteiger partial charge in [0.1, 0.15) is 17.2 Å². The number of amides is 1. The molecule has 0 spiro atoms. The molecule has 1 saturated heterocycles. The molecule has 1 aliphatic heterocycles. The summed E-state index contributed by atoms with van der Waals surface area (Å²) >= 11 is 6.12. The first-order chi connectivity index (χ1) is 14.5. The van der Waals surface area contributed by atoms with Crippen molar-refractivity contribution in [2.24, 2.45) is 0 Å². The zero-order chi connectivity index (χ0) is 21.3. The lowest BCUT2D eigenvalue weighted by molar-refractivity contribution is -0.117. The van der Waals surface area contributed by atoms with Gasteiger partial charge >= 0.3 is 0 Å². The molecule has 0 unspecified atom stereocenters. The van der Waals surface area contributed by atoms with E-state index in [1.807, 2.05) is 0 Å². The SMILES string of the molecule is COc1ccc(-c2noc([C@H]3CC(=O)N(c4cc(Cl)ccc4OC)C3)n2)c(OC)c1. The van der Waals surface area contributed by atoms with E-state index in [4.69, 9.17) is 30.3 Å². The van der Waals surface area contributed by atoms with Crippen molar-refractivity contribution in [1.29, 1.82) is 0 Å². The second-order valence-corrected chi connectivity index (χ2v) is 7.18. The molecule has 1 fully saturated rings.